The highest BCUT2D eigenvalue weighted by Gasteiger charge is 2.29. The van der Waals surface area contributed by atoms with E-state index >= 15 is 0 Å². The number of ether oxygens (including phenoxy) is 1. The third-order valence-electron chi connectivity index (χ3n) is 4.60. The lowest BCUT2D eigenvalue weighted by molar-refractivity contribution is -0.118. The van der Waals surface area contributed by atoms with Gasteiger partial charge in [0, 0.05) is 17.7 Å². The van der Waals surface area contributed by atoms with Crippen molar-refractivity contribution in [2.45, 2.75) is 32.7 Å². The van der Waals surface area contributed by atoms with Crippen molar-refractivity contribution >= 4 is 23.6 Å². The van der Waals surface area contributed by atoms with Crippen LogP contribution in [0.4, 0.5) is 5.69 Å². The van der Waals surface area contributed by atoms with Crippen molar-refractivity contribution in [3.05, 3.63) is 65.7 Å². The monoisotopic (exact) mass is 378 g/mol. The lowest BCUT2D eigenvalue weighted by atomic mass is 10.1. The molecular weight excluding hydrogens is 352 g/mol. The van der Waals surface area contributed by atoms with Crippen LogP contribution in [0.15, 0.2) is 54.6 Å². The number of nitrogens with one attached hydrogen (secondary N) is 2. The van der Waals surface area contributed by atoms with Crippen LogP contribution >= 0.6 is 0 Å². The van der Waals surface area contributed by atoms with Crippen molar-refractivity contribution in [3.8, 4) is 5.75 Å². The highest BCUT2D eigenvalue weighted by Crippen LogP contribution is 2.30. The number of hydrogen-bond donors (Lipinski definition) is 2. The minimum absolute atomic E-state index is 0.0912. The Morgan fingerprint density at radius 1 is 1.11 bits per heavy atom. The summed E-state index contributed by atoms with van der Waals surface area (Å²) in [6, 6.07) is 15.0. The van der Waals surface area contributed by atoms with Crippen LogP contribution in [0.1, 0.15) is 43.9 Å². The second-order valence-corrected chi connectivity index (χ2v) is 6.95. The average Bonchev–Trinajstić information content (AvgIpc) is 3.53. The van der Waals surface area contributed by atoms with Gasteiger partial charge in [0.1, 0.15) is 5.75 Å². The van der Waals surface area contributed by atoms with Crippen LogP contribution < -0.4 is 15.4 Å². The highest BCUT2D eigenvalue weighted by atomic mass is 16.5. The number of amides is 2. The van der Waals surface area contributed by atoms with E-state index in [0.717, 1.165) is 35.4 Å². The molecule has 0 aromatic heterocycles. The molecule has 0 aliphatic heterocycles. The summed E-state index contributed by atoms with van der Waals surface area (Å²) in [5, 5.41) is 5.86. The van der Waals surface area contributed by atoms with E-state index in [0.29, 0.717) is 6.61 Å². The Labute approximate surface area is 165 Å². The Morgan fingerprint density at radius 3 is 2.39 bits per heavy atom. The summed E-state index contributed by atoms with van der Waals surface area (Å²) in [5.41, 5.74) is 2.70. The van der Waals surface area contributed by atoms with Gasteiger partial charge >= 0.3 is 0 Å². The highest BCUT2D eigenvalue weighted by molar-refractivity contribution is 5.94. The Hall–Kier alpha value is -3.08. The van der Waals surface area contributed by atoms with Crippen molar-refractivity contribution in [2.75, 3.05) is 11.9 Å². The van der Waals surface area contributed by atoms with Gasteiger partial charge in [-0.2, -0.15) is 0 Å². The quantitative estimate of drug-likeness (QED) is 0.672. The van der Waals surface area contributed by atoms with Crippen molar-refractivity contribution in [1.29, 1.82) is 0 Å². The fourth-order valence-corrected chi connectivity index (χ4v) is 2.80. The minimum atomic E-state index is -0.160. The second-order valence-electron chi connectivity index (χ2n) is 6.95. The number of carbonyl (C=O) groups is 2. The predicted octanol–water partition coefficient (Wildman–Crippen LogP) is 4.32. The summed E-state index contributed by atoms with van der Waals surface area (Å²) in [4.78, 5) is 24.0. The van der Waals surface area contributed by atoms with Gasteiger partial charge in [-0.25, -0.2) is 0 Å². The number of carbonyl (C=O) groups excluding carboxylic acids is 2. The summed E-state index contributed by atoms with van der Waals surface area (Å²) in [6.07, 6.45) is 5.26. The van der Waals surface area contributed by atoms with Crippen LogP contribution in [0.5, 0.6) is 5.75 Å². The topological polar surface area (TPSA) is 67.4 Å². The van der Waals surface area contributed by atoms with Gasteiger partial charge in [0.25, 0.3) is 0 Å². The Morgan fingerprint density at radius 2 is 1.79 bits per heavy atom. The molecule has 1 unspecified atom stereocenters. The van der Waals surface area contributed by atoms with Gasteiger partial charge in [-0.15, -0.1) is 0 Å². The van der Waals surface area contributed by atoms with Gasteiger partial charge in [-0.05, 0) is 68.2 Å². The first-order valence-corrected chi connectivity index (χ1v) is 9.67. The van der Waals surface area contributed by atoms with E-state index in [1.165, 1.54) is 6.08 Å². The van der Waals surface area contributed by atoms with E-state index in [-0.39, 0.29) is 23.8 Å². The standard InChI is InChI=1S/C23H26N2O3/c1-3-28-21-13-4-17(5-14-21)6-15-22(26)24-16(2)18-9-11-20(12-10-18)25-23(27)19-7-8-19/h4-6,9-16,19H,3,7-8H2,1-2H3,(H,24,26)(H,25,27)/b15-6+. The van der Waals surface area contributed by atoms with Gasteiger partial charge in [0.15, 0.2) is 0 Å². The average molecular weight is 378 g/mol. The Bertz CT molecular complexity index is 837. The first kappa shape index (κ1) is 19.7. The molecule has 2 amide bonds. The molecule has 5 heteroatoms. The van der Waals surface area contributed by atoms with Gasteiger partial charge < -0.3 is 15.4 Å². The summed E-state index contributed by atoms with van der Waals surface area (Å²) in [6.45, 7) is 4.50. The molecule has 2 N–H and O–H groups in total. The zero-order chi connectivity index (χ0) is 19.9. The van der Waals surface area contributed by atoms with Crippen LogP contribution in [0.2, 0.25) is 0 Å². The fraction of sp³-hybridized carbons (Fsp3) is 0.304. The maximum absolute atomic E-state index is 12.2. The van der Waals surface area contributed by atoms with Crippen LogP contribution in [0, 0.1) is 5.92 Å². The van der Waals surface area contributed by atoms with Gasteiger partial charge in [0.2, 0.25) is 11.8 Å². The molecule has 5 nitrogen and oxygen atoms in total. The molecule has 2 aromatic carbocycles. The third-order valence-corrected chi connectivity index (χ3v) is 4.60. The molecule has 146 valence electrons. The predicted molar refractivity (Wildman–Crippen MR) is 111 cm³/mol. The number of benzene rings is 2. The maximum Gasteiger partial charge on any atom is 0.244 e. The molecule has 1 saturated carbocycles. The molecule has 2 aromatic rings. The molecule has 0 bridgehead atoms. The van der Waals surface area contributed by atoms with Crippen molar-refractivity contribution in [3.63, 3.8) is 0 Å². The second kappa shape index (κ2) is 9.22. The normalized spacial score (nSPS) is 14.5. The molecule has 1 aliphatic carbocycles. The van der Waals surface area contributed by atoms with E-state index in [4.69, 9.17) is 4.74 Å². The number of anilines is 1. The lowest BCUT2D eigenvalue weighted by Crippen LogP contribution is -2.24. The minimum Gasteiger partial charge on any atom is -0.494 e. The molecule has 0 heterocycles. The summed E-state index contributed by atoms with van der Waals surface area (Å²) in [5.74, 6) is 0.926. The summed E-state index contributed by atoms with van der Waals surface area (Å²) in [7, 11) is 0. The molecule has 1 aliphatic rings. The SMILES string of the molecule is CCOc1ccc(/C=C/C(=O)NC(C)c2ccc(NC(=O)C3CC3)cc2)cc1. The third kappa shape index (κ3) is 5.71. The number of rotatable bonds is 8. The van der Waals surface area contributed by atoms with Crippen molar-refractivity contribution in [2.24, 2.45) is 5.92 Å². The molecule has 0 spiro atoms. The summed E-state index contributed by atoms with van der Waals surface area (Å²) >= 11 is 0. The van der Waals surface area contributed by atoms with Gasteiger partial charge in [-0.1, -0.05) is 24.3 Å². The maximum atomic E-state index is 12.2. The van der Waals surface area contributed by atoms with Crippen LogP contribution in [-0.4, -0.2) is 18.4 Å². The van der Waals surface area contributed by atoms with E-state index in [1.54, 1.807) is 6.08 Å². The first-order chi connectivity index (χ1) is 13.5. The molecule has 1 atom stereocenters. The Balaban J connectivity index is 1.50. The molecule has 0 saturated heterocycles. The lowest BCUT2D eigenvalue weighted by Gasteiger charge is -2.14. The number of hydrogen-bond acceptors (Lipinski definition) is 3. The van der Waals surface area contributed by atoms with E-state index in [9.17, 15) is 9.59 Å². The first-order valence-electron chi connectivity index (χ1n) is 9.67. The molecular formula is C23H26N2O3. The fourth-order valence-electron chi connectivity index (χ4n) is 2.80. The van der Waals surface area contributed by atoms with E-state index in [2.05, 4.69) is 10.6 Å². The van der Waals surface area contributed by atoms with E-state index < -0.39 is 0 Å². The van der Waals surface area contributed by atoms with E-state index in [1.807, 2.05) is 62.4 Å². The van der Waals surface area contributed by atoms with Crippen molar-refractivity contribution < 1.29 is 14.3 Å². The zero-order valence-corrected chi connectivity index (χ0v) is 16.3. The Kier molecular flexibility index (Phi) is 6.48. The molecule has 28 heavy (non-hydrogen) atoms. The largest absolute Gasteiger partial charge is 0.494 e. The van der Waals surface area contributed by atoms with Crippen LogP contribution in [0.3, 0.4) is 0 Å². The van der Waals surface area contributed by atoms with Crippen LogP contribution in [0.25, 0.3) is 6.08 Å². The molecule has 3 rings (SSSR count). The smallest absolute Gasteiger partial charge is 0.244 e. The zero-order valence-electron chi connectivity index (χ0n) is 16.3. The molecule has 1 fully saturated rings. The summed E-state index contributed by atoms with van der Waals surface area (Å²) < 4.78 is 5.41. The van der Waals surface area contributed by atoms with Crippen LogP contribution in [-0.2, 0) is 9.59 Å². The van der Waals surface area contributed by atoms with Crippen molar-refractivity contribution in [1.82, 2.24) is 5.32 Å². The van der Waals surface area contributed by atoms with Gasteiger partial charge in [0.05, 0.1) is 12.6 Å². The van der Waals surface area contributed by atoms with Gasteiger partial charge in [-0.3, -0.25) is 9.59 Å². The molecule has 0 radical (unpaired) electrons.